The summed E-state index contributed by atoms with van der Waals surface area (Å²) in [4.78, 5) is 22.0. The van der Waals surface area contributed by atoms with Crippen LogP contribution in [-0.2, 0) is 0 Å². The first-order chi connectivity index (χ1) is 14.4. The Balaban J connectivity index is 1.77. The molecule has 156 valence electrons. The second-order valence-electron chi connectivity index (χ2n) is 7.68. The van der Waals surface area contributed by atoms with E-state index in [2.05, 4.69) is 26.0 Å². The monoisotopic (exact) mass is 423 g/mol. The number of aromatic nitrogens is 1. The van der Waals surface area contributed by atoms with E-state index < -0.39 is 0 Å². The summed E-state index contributed by atoms with van der Waals surface area (Å²) in [6.45, 7) is 5.36. The van der Waals surface area contributed by atoms with E-state index in [1.807, 2.05) is 37.2 Å². The number of amides is 1. The quantitative estimate of drug-likeness (QED) is 0.443. The van der Waals surface area contributed by atoms with Gasteiger partial charge < -0.3 is 14.1 Å². The van der Waals surface area contributed by atoms with E-state index in [0.29, 0.717) is 29.6 Å². The van der Waals surface area contributed by atoms with Crippen molar-refractivity contribution in [2.75, 3.05) is 39.2 Å². The number of rotatable bonds is 6. The number of benzene rings is 2. The first-order valence-electron chi connectivity index (χ1n) is 9.78. The van der Waals surface area contributed by atoms with Crippen LogP contribution in [0.15, 0.2) is 40.8 Å². The third kappa shape index (κ3) is 3.78. The van der Waals surface area contributed by atoms with Crippen molar-refractivity contribution in [1.82, 2.24) is 9.88 Å². The molecule has 0 saturated heterocycles. The van der Waals surface area contributed by atoms with Crippen LogP contribution < -0.4 is 9.64 Å². The van der Waals surface area contributed by atoms with Crippen LogP contribution in [0.5, 0.6) is 5.75 Å². The molecule has 0 unspecified atom stereocenters. The molecule has 0 radical (unpaired) electrons. The number of nitrogens with zero attached hydrogens (tertiary/aromatic N) is 3. The highest BCUT2D eigenvalue weighted by Gasteiger charge is 2.25. The molecule has 1 amide bonds. The molecular formula is C23H25N3O3S. The lowest BCUT2D eigenvalue weighted by atomic mass is 10.1. The van der Waals surface area contributed by atoms with Crippen LogP contribution in [0.25, 0.3) is 21.2 Å². The van der Waals surface area contributed by atoms with E-state index >= 15 is 0 Å². The minimum absolute atomic E-state index is 0.205. The molecule has 7 heteroatoms. The number of aryl methyl sites for hydroxylation is 2. The molecule has 0 N–H and O–H groups in total. The number of hydrogen-bond donors (Lipinski definition) is 0. The van der Waals surface area contributed by atoms with Crippen LogP contribution in [0.2, 0.25) is 0 Å². The summed E-state index contributed by atoms with van der Waals surface area (Å²) in [6, 6.07) is 11.6. The van der Waals surface area contributed by atoms with Gasteiger partial charge in [-0.2, -0.15) is 0 Å². The maximum atomic E-state index is 13.5. The highest BCUT2D eigenvalue weighted by Crippen LogP contribution is 2.34. The summed E-state index contributed by atoms with van der Waals surface area (Å²) in [6.07, 6.45) is 0. The predicted molar refractivity (Wildman–Crippen MR) is 122 cm³/mol. The number of hydrogen-bond acceptors (Lipinski definition) is 6. The van der Waals surface area contributed by atoms with Gasteiger partial charge >= 0.3 is 0 Å². The molecule has 0 aliphatic heterocycles. The summed E-state index contributed by atoms with van der Waals surface area (Å²) >= 11 is 1.54. The fourth-order valence-electron chi connectivity index (χ4n) is 3.50. The first kappa shape index (κ1) is 20.4. The average Bonchev–Trinajstić information content (AvgIpc) is 3.31. The lowest BCUT2D eigenvalue weighted by molar-refractivity contribution is 0.0960. The van der Waals surface area contributed by atoms with Gasteiger partial charge in [0.2, 0.25) is 0 Å². The summed E-state index contributed by atoms with van der Waals surface area (Å²) in [7, 11) is 5.56. The van der Waals surface area contributed by atoms with E-state index in [1.54, 1.807) is 18.1 Å². The maximum Gasteiger partial charge on any atom is 0.295 e. The Kier molecular flexibility index (Phi) is 5.49. The van der Waals surface area contributed by atoms with Gasteiger partial charge in [0.15, 0.2) is 22.2 Å². The fourth-order valence-corrected chi connectivity index (χ4v) is 4.54. The number of fused-ring (bicyclic) bond motifs is 2. The van der Waals surface area contributed by atoms with E-state index in [4.69, 9.17) is 14.1 Å². The number of furan rings is 1. The van der Waals surface area contributed by atoms with Crippen molar-refractivity contribution in [3.8, 4) is 5.75 Å². The zero-order valence-electron chi connectivity index (χ0n) is 17.9. The van der Waals surface area contributed by atoms with Gasteiger partial charge in [-0.1, -0.05) is 29.5 Å². The number of carbonyl (C=O) groups is 1. The maximum absolute atomic E-state index is 13.5. The molecule has 0 aliphatic rings. The van der Waals surface area contributed by atoms with E-state index in [1.165, 1.54) is 16.9 Å². The highest BCUT2D eigenvalue weighted by atomic mass is 32.1. The highest BCUT2D eigenvalue weighted by molar-refractivity contribution is 7.22. The van der Waals surface area contributed by atoms with Crippen LogP contribution in [0.3, 0.4) is 0 Å². The third-order valence-corrected chi connectivity index (χ3v) is 6.22. The molecule has 6 nitrogen and oxygen atoms in total. The summed E-state index contributed by atoms with van der Waals surface area (Å²) < 4.78 is 12.4. The molecule has 0 aliphatic carbocycles. The van der Waals surface area contributed by atoms with Gasteiger partial charge in [-0.15, -0.1) is 0 Å². The minimum atomic E-state index is -0.205. The van der Waals surface area contributed by atoms with Crippen LogP contribution in [0.1, 0.15) is 21.7 Å². The normalized spacial score (nSPS) is 11.5. The molecule has 4 aromatic rings. The summed E-state index contributed by atoms with van der Waals surface area (Å²) in [5.74, 6) is 0.682. The Morgan fingerprint density at radius 2 is 1.97 bits per heavy atom. The van der Waals surface area contributed by atoms with Crippen molar-refractivity contribution in [3.05, 3.63) is 53.3 Å². The molecule has 2 heterocycles. The molecule has 0 bridgehead atoms. The number of likely N-dealkylation sites (N-methyl/N-ethyl adjacent to an activating group) is 1. The third-order valence-electron chi connectivity index (χ3n) is 4.99. The Morgan fingerprint density at radius 3 is 2.70 bits per heavy atom. The first-order valence-corrected chi connectivity index (χ1v) is 10.6. The zero-order valence-corrected chi connectivity index (χ0v) is 18.7. The van der Waals surface area contributed by atoms with Gasteiger partial charge in [-0.3, -0.25) is 9.69 Å². The molecule has 0 spiro atoms. The molecule has 30 heavy (non-hydrogen) atoms. The molecule has 4 rings (SSSR count). The summed E-state index contributed by atoms with van der Waals surface area (Å²) in [5.41, 5.74) is 3.82. The Labute approximate surface area is 179 Å². The molecule has 2 aromatic heterocycles. The second-order valence-corrected chi connectivity index (χ2v) is 8.65. The number of anilines is 1. The van der Waals surface area contributed by atoms with Crippen molar-refractivity contribution < 1.29 is 13.9 Å². The van der Waals surface area contributed by atoms with Gasteiger partial charge in [0.1, 0.15) is 0 Å². The van der Waals surface area contributed by atoms with Crippen LogP contribution >= 0.6 is 11.3 Å². The van der Waals surface area contributed by atoms with Gasteiger partial charge in [0.25, 0.3) is 5.91 Å². The number of ether oxygens (including phenoxy) is 1. The zero-order chi connectivity index (χ0) is 21.4. The van der Waals surface area contributed by atoms with Gasteiger partial charge in [0.05, 0.1) is 17.3 Å². The standard InChI is InChI=1S/C23H25N3O3S/c1-14-11-15(2)21-17(12-14)24-23(30-21)26(10-9-25(3)4)22(27)19-13-16-7-6-8-18(28-5)20(16)29-19/h6-8,11-13H,9-10H2,1-5H3. The molecular weight excluding hydrogens is 398 g/mol. The lowest BCUT2D eigenvalue weighted by Gasteiger charge is -2.20. The second kappa shape index (κ2) is 8.08. The smallest absolute Gasteiger partial charge is 0.295 e. The lowest BCUT2D eigenvalue weighted by Crippen LogP contribution is -2.36. The molecule has 0 saturated carbocycles. The summed E-state index contributed by atoms with van der Waals surface area (Å²) in [5, 5.41) is 1.51. The van der Waals surface area contributed by atoms with Gasteiger partial charge in [-0.25, -0.2) is 4.98 Å². The van der Waals surface area contributed by atoms with Crippen molar-refractivity contribution in [1.29, 1.82) is 0 Å². The number of thiazole rings is 1. The number of carbonyl (C=O) groups excluding carboxylic acids is 1. The molecule has 0 fully saturated rings. The van der Waals surface area contributed by atoms with E-state index in [0.717, 1.165) is 21.2 Å². The molecule has 2 aromatic carbocycles. The van der Waals surface area contributed by atoms with Crippen molar-refractivity contribution in [2.24, 2.45) is 0 Å². The van der Waals surface area contributed by atoms with Crippen LogP contribution in [0, 0.1) is 13.8 Å². The van der Waals surface area contributed by atoms with Crippen molar-refractivity contribution in [2.45, 2.75) is 13.8 Å². The largest absolute Gasteiger partial charge is 0.493 e. The average molecular weight is 424 g/mol. The van der Waals surface area contributed by atoms with Crippen molar-refractivity contribution in [3.63, 3.8) is 0 Å². The van der Waals surface area contributed by atoms with Crippen molar-refractivity contribution >= 4 is 43.6 Å². The van der Waals surface area contributed by atoms with E-state index in [9.17, 15) is 4.79 Å². The number of para-hydroxylation sites is 1. The number of methoxy groups -OCH3 is 1. The Hall–Kier alpha value is -2.90. The van der Waals surface area contributed by atoms with Crippen LogP contribution in [0.4, 0.5) is 5.13 Å². The molecule has 0 atom stereocenters. The SMILES string of the molecule is COc1cccc2cc(C(=O)N(CCN(C)C)c3nc4cc(C)cc(C)c4s3)oc12. The Morgan fingerprint density at radius 1 is 1.17 bits per heavy atom. The van der Waals surface area contributed by atoms with E-state index in [-0.39, 0.29) is 11.7 Å². The topological polar surface area (TPSA) is 58.8 Å². The predicted octanol–water partition coefficient (Wildman–Crippen LogP) is 4.88. The van der Waals surface area contributed by atoms with Crippen LogP contribution in [-0.4, -0.2) is 50.1 Å². The Bertz CT molecular complexity index is 1230. The fraction of sp³-hybridized carbons (Fsp3) is 0.304. The minimum Gasteiger partial charge on any atom is -0.493 e. The van der Waals surface area contributed by atoms with Gasteiger partial charge in [0, 0.05) is 18.5 Å². The van der Waals surface area contributed by atoms with Gasteiger partial charge in [-0.05, 0) is 57.3 Å².